The average Bonchev–Trinajstić information content (AvgIpc) is 2.41. The Kier molecular flexibility index (Phi) is 4.18. The number of guanidine groups is 1. The minimum Gasteiger partial charge on any atom is -0.370 e. The van der Waals surface area contributed by atoms with Crippen molar-refractivity contribution in [3.8, 4) is 0 Å². The first-order valence-electron chi connectivity index (χ1n) is 7.04. The van der Waals surface area contributed by atoms with Crippen LogP contribution in [-0.4, -0.2) is 35.9 Å². The van der Waals surface area contributed by atoms with Gasteiger partial charge < -0.3 is 21.7 Å². The van der Waals surface area contributed by atoms with Gasteiger partial charge in [0.1, 0.15) is 0 Å². The fourth-order valence-corrected chi connectivity index (χ4v) is 2.70. The summed E-state index contributed by atoms with van der Waals surface area (Å²) >= 11 is 0. The van der Waals surface area contributed by atoms with Gasteiger partial charge >= 0.3 is 0 Å². The molecular formula is C15H23N5O. The molecule has 1 aliphatic rings. The monoisotopic (exact) mass is 289 g/mol. The molecule has 0 spiro atoms. The Bertz CT molecular complexity index is 550. The highest BCUT2D eigenvalue weighted by Crippen LogP contribution is 2.28. The first-order valence-corrected chi connectivity index (χ1v) is 7.04. The van der Waals surface area contributed by atoms with E-state index in [4.69, 9.17) is 11.5 Å². The molecule has 1 saturated heterocycles. The maximum Gasteiger partial charge on any atom is 0.219 e. The first kappa shape index (κ1) is 15.3. The summed E-state index contributed by atoms with van der Waals surface area (Å²) in [6.07, 6.45) is 0. The summed E-state index contributed by atoms with van der Waals surface area (Å²) < 4.78 is 0. The van der Waals surface area contributed by atoms with Crippen molar-refractivity contribution < 1.29 is 4.79 Å². The fourth-order valence-electron chi connectivity index (χ4n) is 2.70. The Balaban J connectivity index is 2.23. The zero-order chi connectivity index (χ0) is 15.6. The minimum atomic E-state index is -0.269. The number of nitrogens with two attached hydrogens (primary N) is 2. The van der Waals surface area contributed by atoms with Crippen LogP contribution in [0.5, 0.6) is 0 Å². The Morgan fingerprint density at radius 3 is 2.52 bits per heavy atom. The van der Waals surface area contributed by atoms with E-state index in [1.807, 2.05) is 29.2 Å². The van der Waals surface area contributed by atoms with Gasteiger partial charge in [-0.2, -0.15) is 0 Å². The molecule has 0 aliphatic carbocycles. The summed E-state index contributed by atoms with van der Waals surface area (Å²) in [6.45, 7) is 7.18. The number of piperazine rings is 1. The van der Waals surface area contributed by atoms with Crippen molar-refractivity contribution in [1.82, 2.24) is 10.2 Å². The molecule has 1 aliphatic heterocycles. The van der Waals surface area contributed by atoms with Gasteiger partial charge in [0, 0.05) is 26.1 Å². The van der Waals surface area contributed by atoms with Crippen LogP contribution in [0.3, 0.4) is 0 Å². The molecule has 114 valence electrons. The molecule has 1 aromatic rings. The highest BCUT2D eigenvalue weighted by atomic mass is 16.2. The first-order chi connectivity index (χ1) is 9.82. The molecule has 1 fully saturated rings. The Labute approximate surface area is 125 Å². The fraction of sp³-hybridized carbons (Fsp3) is 0.467. The number of amides is 1. The molecule has 21 heavy (non-hydrogen) atoms. The lowest BCUT2D eigenvalue weighted by molar-refractivity contribution is -0.133. The van der Waals surface area contributed by atoms with E-state index in [-0.39, 0.29) is 23.4 Å². The van der Waals surface area contributed by atoms with Crippen LogP contribution in [0.25, 0.3) is 0 Å². The number of rotatable bonds is 2. The van der Waals surface area contributed by atoms with Crippen molar-refractivity contribution in [3.05, 3.63) is 29.8 Å². The number of nitrogens with one attached hydrogen (secondary N) is 1. The molecular weight excluding hydrogens is 266 g/mol. The van der Waals surface area contributed by atoms with Crippen molar-refractivity contribution in [2.75, 3.05) is 13.1 Å². The van der Waals surface area contributed by atoms with Gasteiger partial charge in [0.15, 0.2) is 5.96 Å². The third kappa shape index (κ3) is 3.33. The zero-order valence-corrected chi connectivity index (χ0v) is 12.8. The second kappa shape index (κ2) is 5.73. The maximum atomic E-state index is 11.8. The van der Waals surface area contributed by atoms with Crippen LogP contribution in [0.1, 0.15) is 26.3 Å². The van der Waals surface area contributed by atoms with Crippen LogP contribution in [-0.2, 0) is 10.3 Å². The molecule has 0 aromatic heterocycles. The largest absolute Gasteiger partial charge is 0.370 e. The number of hydrogen-bond acceptors (Lipinski definition) is 3. The number of carbonyl (C=O) groups excluding carboxylic acids is 1. The van der Waals surface area contributed by atoms with E-state index in [2.05, 4.69) is 24.2 Å². The van der Waals surface area contributed by atoms with Gasteiger partial charge in [0.25, 0.3) is 0 Å². The normalized spacial score (nSPS) is 25.5. The molecule has 0 bridgehead atoms. The molecule has 2 atom stereocenters. The van der Waals surface area contributed by atoms with Gasteiger partial charge in [-0.05, 0) is 31.5 Å². The smallest absolute Gasteiger partial charge is 0.219 e. The highest BCUT2D eigenvalue weighted by Gasteiger charge is 2.36. The molecule has 2 rings (SSSR count). The summed E-state index contributed by atoms with van der Waals surface area (Å²) in [6, 6.07) is 7.93. The predicted molar refractivity (Wildman–Crippen MR) is 84.1 cm³/mol. The van der Waals surface area contributed by atoms with Crippen LogP contribution in [0.2, 0.25) is 0 Å². The lowest BCUT2D eigenvalue weighted by Gasteiger charge is -2.45. The highest BCUT2D eigenvalue weighted by molar-refractivity contribution is 5.79. The minimum absolute atomic E-state index is 0.0429. The zero-order valence-electron chi connectivity index (χ0n) is 12.8. The van der Waals surface area contributed by atoms with Crippen LogP contribution in [0.15, 0.2) is 29.3 Å². The van der Waals surface area contributed by atoms with Gasteiger partial charge in [-0.3, -0.25) is 4.79 Å². The van der Waals surface area contributed by atoms with Gasteiger partial charge in [-0.25, -0.2) is 4.99 Å². The number of nitrogens with zero attached hydrogens (tertiary/aromatic N) is 2. The Morgan fingerprint density at radius 2 is 2.00 bits per heavy atom. The molecule has 0 radical (unpaired) electrons. The third-order valence-electron chi connectivity index (χ3n) is 3.97. The molecule has 6 nitrogen and oxygen atoms in total. The van der Waals surface area contributed by atoms with Crippen LogP contribution in [0.4, 0.5) is 5.69 Å². The molecule has 1 heterocycles. The topological polar surface area (TPSA) is 96.7 Å². The second-order valence-corrected chi connectivity index (χ2v) is 5.79. The standard InChI is InChI=1S/C15H23N5O/c1-10-8-18-15(3,9-20(10)11(2)21)12-4-6-13(7-5-12)19-14(16)17/h4-7,10,18H,8-9H2,1-3H3,(H4,16,17,19). The summed E-state index contributed by atoms with van der Waals surface area (Å²) in [4.78, 5) is 17.7. The third-order valence-corrected chi connectivity index (χ3v) is 3.97. The lowest BCUT2D eigenvalue weighted by atomic mass is 9.88. The molecule has 1 aromatic carbocycles. The SMILES string of the molecule is CC(=O)N1CC(C)(c2ccc(N=C(N)N)cc2)NCC1C. The second-order valence-electron chi connectivity index (χ2n) is 5.79. The summed E-state index contributed by atoms with van der Waals surface area (Å²) in [5.74, 6) is 0.147. The summed E-state index contributed by atoms with van der Waals surface area (Å²) in [5, 5.41) is 3.53. The van der Waals surface area contributed by atoms with Crippen LogP contribution in [0, 0.1) is 0 Å². The Morgan fingerprint density at radius 1 is 1.38 bits per heavy atom. The van der Waals surface area contributed by atoms with Gasteiger partial charge in [-0.15, -0.1) is 0 Å². The van der Waals surface area contributed by atoms with Gasteiger partial charge in [-0.1, -0.05) is 12.1 Å². The van der Waals surface area contributed by atoms with Gasteiger partial charge in [0.05, 0.1) is 11.2 Å². The van der Waals surface area contributed by atoms with E-state index in [1.165, 1.54) is 0 Å². The lowest BCUT2D eigenvalue weighted by Crippen LogP contribution is -2.61. The molecule has 0 saturated carbocycles. The van der Waals surface area contributed by atoms with E-state index in [9.17, 15) is 4.79 Å². The summed E-state index contributed by atoms with van der Waals surface area (Å²) in [7, 11) is 0. The van der Waals surface area contributed by atoms with Crippen molar-refractivity contribution in [2.45, 2.75) is 32.4 Å². The van der Waals surface area contributed by atoms with E-state index in [0.29, 0.717) is 6.54 Å². The number of benzene rings is 1. The van der Waals surface area contributed by atoms with Crippen molar-refractivity contribution >= 4 is 17.6 Å². The summed E-state index contributed by atoms with van der Waals surface area (Å²) in [5.41, 5.74) is 12.3. The number of hydrogen-bond donors (Lipinski definition) is 3. The van der Waals surface area contributed by atoms with Crippen LogP contribution >= 0.6 is 0 Å². The van der Waals surface area contributed by atoms with E-state index < -0.39 is 0 Å². The van der Waals surface area contributed by atoms with E-state index in [1.54, 1.807) is 6.92 Å². The quantitative estimate of drug-likeness (QED) is 0.550. The number of aliphatic imine (C=N–C) groups is 1. The predicted octanol–water partition coefficient (Wildman–Crippen LogP) is 0.647. The Hall–Kier alpha value is -2.08. The van der Waals surface area contributed by atoms with E-state index >= 15 is 0 Å². The molecule has 1 amide bonds. The molecule has 5 N–H and O–H groups in total. The maximum absolute atomic E-state index is 11.8. The number of carbonyl (C=O) groups is 1. The van der Waals surface area contributed by atoms with Gasteiger partial charge in [0.2, 0.25) is 5.91 Å². The van der Waals surface area contributed by atoms with Crippen LogP contribution < -0.4 is 16.8 Å². The molecule has 2 unspecified atom stereocenters. The molecule has 6 heteroatoms. The van der Waals surface area contributed by atoms with Crippen molar-refractivity contribution in [3.63, 3.8) is 0 Å². The van der Waals surface area contributed by atoms with Crippen molar-refractivity contribution in [1.29, 1.82) is 0 Å². The van der Waals surface area contributed by atoms with E-state index in [0.717, 1.165) is 17.8 Å². The average molecular weight is 289 g/mol. The van der Waals surface area contributed by atoms with Crippen molar-refractivity contribution in [2.24, 2.45) is 16.5 Å².